The van der Waals surface area contributed by atoms with Gasteiger partial charge in [0.05, 0.1) is 18.1 Å². The Hall–Kier alpha value is -3.93. The summed E-state index contributed by atoms with van der Waals surface area (Å²) in [6.45, 7) is 4.88. The molecule has 3 N–H and O–H groups in total. The molecule has 5 amide bonds. The van der Waals surface area contributed by atoms with Crippen molar-refractivity contribution in [3.05, 3.63) is 62.7 Å². The Morgan fingerprint density at radius 3 is 2.56 bits per heavy atom. The molecule has 3 aliphatic heterocycles. The Labute approximate surface area is 332 Å². The number of nitrogens with one attached hydrogen (secondary N) is 3. The molecule has 5 atom stereocenters. The monoisotopic (exact) mass is 841 g/mol. The van der Waals surface area contributed by atoms with Crippen molar-refractivity contribution in [2.24, 2.45) is 5.92 Å². The van der Waals surface area contributed by atoms with Crippen LogP contribution in [-0.4, -0.2) is 84.0 Å². The number of sulfonamides is 1. The number of ether oxygens (including phenoxy) is 2. The van der Waals surface area contributed by atoms with Crippen LogP contribution in [-0.2, 0) is 47.0 Å². The lowest BCUT2D eigenvalue weighted by Crippen LogP contribution is -2.58. The van der Waals surface area contributed by atoms with Crippen molar-refractivity contribution in [3.63, 3.8) is 0 Å². The van der Waals surface area contributed by atoms with Gasteiger partial charge in [-0.2, -0.15) is 0 Å². The molecule has 1 saturated heterocycles. The molecular weight excluding hydrogens is 800 g/mol. The molecule has 4 heterocycles. The molecule has 1 aromatic heterocycles. The third kappa shape index (κ3) is 9.21. The molecule has 19 heteroatoms. The molecule has 6 rings (SSSR count). The van der Waals surface area contributed by atoms with Gasteiger partial charge >= 0.3 is 12.2 Å². The number of benzene rings is 1. The SMILES string of the molecule is CC(C)(C)OC(=O)N[C@H]1CCCCC/C=C\[C@@H]2C[C@@]2(C(=O)NS(=O)(=O)c2cc(Cl)c(Cl)s2)NC(=O)[C@@H]2C[C@@H](OC(=O)N3Cc4cccc(F)c4C3)CN2C1=O. The van der Waals surface area contributed by atoms with Gasteiger partial charge in [-0.1, -0.05) is 60.3 Å². The highest BCUT2D eigenvalue weighted by Crippen LogP contribution is 2.46. The van der Waals surface area contributed by atoms with E-state index in [0.29, 0.717) is 48.1 Å². The number of amides is 5. The zero-order valence-electron chi connectivity index (χ0n) is 30.4. The fraction of sp³-hybridized carbons (Fsp3) is 0.528. The Kier molecular flexibility index (Phi) is 11.8. The normalized spacial score (nSPS) is 26.4. The van der Waals surface area contributed by atoms with Crippen molar-refractivity contribution in [1.82, 2.24) is 25.2 Å². The Bertz CT molecular complexity index is 2000. The summed E-state index contributed by atoms with van der Waals surface area (Å²) >= 11 is 12.6. The molecule has 0 spiro atoms. The fourth-order valence-corrected chi connectivity index (χ4v) is 9.98. The zero-order valence-corrected chi connectivity index (χ0v) is 33.5. The molecule has 4 aliphatic rings. The molecule has 0 radical (unpaired) electrons. The van der Waals surface area contributed by atoms with Crippen LogP contribution in [0.1, 0.15) is 76.8 Å². The molecular formula is C36H42Cl2FN5O9S2. The van der Waals surface area contributed by atoms with Gasteiger partial charge in [0.1, 0.15) is 43.7 Å². The van der Waals surface area contributed by atoms with E-state index in [-0.39, 0.29) is 52.5 Å². The number of hydrogen-bond donors (Lipinski definition) is 3. The molecule has 0 unspecified atom stereocenters. The summed E-state index contributed by atoms with van der Waals surface area (Å²) in [5.74, 6) is -3.45. The molecule has 14 nitrogen and oxygen atoms in total. The van der Waals surface area contributed by atoms with Crippen molar-refractivity contribution < 1.29 is 46.3 Å². The van der Waals surface area contributed by atoms with Gasteiger partial charge in [-0.05, 0) is 64.2 Å². The van der Waals surface area contributed by atoms with Crippen LogP contribution in [0.25, 0.3) is 0 Å². The van der Waals surface area contributed by atoms with Gasteiger partial charge in [-0.3, -0.25) is 19.3 Å². The smallest absolute Gasteiger partial charge is 0.410 e. The molecule has 2 aromatic rings. The van der Waals surface area contributed by atoms with Crippen LogP contribution in [0.4, 0.5) is 14.0 Å². The largest absolute Gasteiger partial charge is 0.444 e. The molecule has 0 bridgehead atoms. The predicted octanol–water partition coefficient (Wildman–Crippen LogP) is 5.41. The standard InChI is InChI=1S/C36H42Cl2FN5O9S2/c1-35(2,3)53-33(48)40-26-13-8-6-4-5-7-11-21-16-36(21,32(47)42-55(50,51)28-15-24(37)29(38)54-28)41-30(45)27-14-22(18-44(27)31(26)46)52-34(49)43-17-20-10-9-12-25(39)23(20)19-43/h7,9-12,15,21-22,26-27H,4-6,8,13-14,16-19H2,1-3H3,(H,40,48)(H,41,45)(H,42,47)/b11-7-/t21-,22-,26+,27+,36-/m1/s1. The molecule has 1 saturated carbocycles. The van der Waals surface area contributed by atoms with E-state index in [0.717, 1.165) is 6.07 Å². The lowest BCUT2D eigenvalue weighted by atomic mass is 10.0. The number of halogens is 3. The number of fused-ring (bicyclic) bond motifs is 3. The first-order chi connectivity index (χ1) is 25.9. The summed E-state index contributed by atoms with van der Waals surface area (Å²) in [5.41, 5.74) is -1.56. The van der Waals surface area contributed by atoms with E-state index in [1.165, 1.54) is 15.9 Å². The molecule has 298 valence electrons. The summed E-state index contributed by atoms with van der Waals surface area (Å²) in [7, 11) is -4.44. The topological polar surface area (TPSA) is 181 Å². The van der Waals surface area contributed by atoms with E-state index in [2.05, 4.69) is 15.4 Å². The first kappa shape index (κ1) is 40.7. The van der Waals surface area contributed by atoms with Crippen LogP contribution in [0.3, 0.4) is 0 Å². The van der Waals surface area contributed by atoms with Gasteiger partial charge < -0.3 is 25.0 Å². The van der Waals surface area contributed by atoms with E-state index in [1.807, 2.05) is 6.08 Å². The number of rotatable bonds is 5. The van der Waals surface area contributed by atoms with Crippen LogP contribution < -0.4 is 15.4 Å². The number of allylic oxidation sites excluding steroid dienone is 1. The second-order valence-corrected chi connectivity index (χ2v) is 19.1. The Morgan fingerprint density at radius 2 is 1.87 bits per heavy atom. The molecule has 1 aliphatic carbocycles. The minimum Gasteiger partial charge on any atom is -0.444 e. The van der Waals surface area contributed by atoms with Crippen molar-refractivity contribution in [2.45, 2.75) is 112 Å². The number of thiophene rings is 1. The number of hydrogen-bond acceptors (Lipinski definition) is 10. The van der Waals surface area contributed by atoms with Crippen molar-refractivity contribution in [1.29, 1.82) is 0 Å². The van der Waals surface area contributed by atoms with Crippen LogP contribution in [0.5, 0.6) is 0 Å². The lowest BCUT2D eigenvalue weighted by molar-refractivity contribution is -0.141. The summed E-state index contributed by atoms with van der Waals surface area (Å²) < 4.78 is 53.9. The maximum absolute atomic E-state index is 14.4. The van der Waals surface area contributed by atoms with Crippen molar-refractivity contribution in [3.8, 4) is 0 Å². The average Bonchev–Trinajstić information content (AvgIpc) is 3.39. The van der Waals surface area contributed by atoms with Gasteiger partial charge in [0.25, 0.3) is 15.9 Å². The van der Waals surface area contributed by atoms with Crippen molar-refractivity contribution in [2.75, 3.05) is 6.54 Å². The van der Waals surface area contributed by atoms with Gasteiger partial charge in [-0.25, -0.2) is 27.1 Å². The van der Waals surface area contributed by atoms with E-state index >= 15 is 0 Å². The third-order valence-corrected chi connectivity index (χ3v) is 13.6. The summed E-state index contributed by atoms with van der Waals surface area (Å²) in [6.07, 6.45) is 3.67. The number of carbonyl (C=O) groups is 5. The number of nitrogens with zero attached hydrogens (tertiary/aromatic N) is 2. The third-order valence-electron chi connectivity index (χ3n) is 9.90. The quantitative estimate of drug-likeness (QED) is 0.332. The predicted molar refractivity (Wildman–Crippen MR) is 200 cm³/mol. The molecule has 1 aromatic carbocycles. The highest BCUT2D eigenvalue weighted by molar-refractivity contribution is 7.92. The lowest BCUT2D eigenvalue weighted by Gasteiger charge is -2.30. The van der Waals surface area contributed by atoms with Gasteiger partial charge in [0.2, 0.25) is 11.8 Å². The van der Waals surface area contributed by atoms with Crippen LogP contribution in [0, 0.1) is 11.7 Å². The average molecular weight is 843 g/mol. The zero-order chi connectivity index (χ0) is 39.9. The summed E-state index contributed by atoms with van der Waals surface area (Å²) in [5, 5.41) is 5.39. The first-order valence-electron chi connectivity index (χ1n) is 17.9. The summed E-state index contributed by atoms with van der Waals surface area (Å²) in [6, 6.07) is 3.26. The van der Waals surface area contributed by atoms with Crippen molar-refractivity contribution >= 4 is 74.5 Å². The van der Waals surface area contributed by atoms with E-state index in [9.17, 15) is 36.8 Å². The second-order valence-electron chi connectivity index (χ2n) is 15.1. The minimum absolute atomic E-state index is 0.00533. The van der Waals surface area contributed by atoms with Gasteiger partial charge in [0, 0.05) is 24.4 Å². The Morgan fingerprint density at radius 1 is 1.11 bits per heavy atom. The number of carbonyl (C=O) groups excluding carboxylic acids is 5. The van der Waals surface area contributed by atoms with Crippen LogP contribution >= 0.6 is 34.5 Å². The highest BCUT2D eigenvalue weighted by atomic mass is 35.5. The summed E-state index contributed by atoms with van der Waals surface area (Å²) in [4.78, 5) is 71.3. The Balaban J connectivity index is 1.27. The van der Waals surface area contributed by atoms with Gasteiger partial charge in [-0.15, -0.1) is 11.3 Å². The fourth-order valence-electron chi connectivity index (χ4n) is 7.06. The number of alkyl carbamates (subject to hydrolysis) is 1. The maximum atomic E-state index is 14.4. The van der Waals surface area contributed by atoms with E-state index in [1.54, 1.807) is 39.0 Å². The molecule has 2 fully saturated rings. The van der Waals surface area contributed by atoms with E-state index in [4.69, 9.17) is 32.7 Å². The van der Waals surface area contributed by atoms with Crippen LogP contribution in [0.15, 0.2) is 40.6 Å². The minimum atomic E-state index is -4.44. The highest BCUT2D eigenvalue weighted by Gasteiger charge is 2.62. The molecule has 55 heavy (non-hydrogen) atoms. The maximum Gasteiger partial charge on any atom is 0.410 e. The van der Waals surface area contributed by atoms with Crippen LogP contribution in [0.2, 0.25) is 9.36 Å². The van der Waals surface area contributed by atoms with E-state index < -0.39 is 81.0 Å². The van der Waals surface area contributed by atoms with Gasteiger partial charge in [0.15, 0.2) is 0 Å². The second kappa shape index (κ2) is 15.9. The first-order valence-corrected chi connectivity index (χ1v) is 20.9.